The van der Waals surface area contributed by atoms with Crippen molar-refractivity contribution in [3.05, 3.63) is 63.7 Å². The molecule has 0 spiro atoms. The smallest absolute Gasteiger partial charge is 0.207 e. The zero-order valence-corrected chi connectivity index (χ0v) is 15.8. The van der Waals surface area contributed by atoms with E-state index in [9.17, 15) is 8.42 Å². The molecule has 0 aliphatic carbocycles. The highest BCUT2D eigenvalue weighted by molar-refractivity contribution is 7.89. The number of hydrogen-bond donors (Lipinski definition) is 0. The Bertz CT molecular complexity index is 854. The van der Waals surface area contributed by atoms with E-state index in [1.54, 1.807) is 4.31 Å². The third-order valence-electron chi connectivity index (χ3n) is 4.64. The summed E-state index contributed by atoms with van der Waals surface area (Å²) in [6, 6.07) is 11.2. The van der Waals surface area contributed by atoms with Crippen molar-refractivity contribution in [2.45, 2.75) is 44.6 Å². The summed E-state index contributed by atoms with van der Waals surface area (Å²) >= 11 is 6.33. The van der Waals surface area contributed by atoms with E-state index < -0.39 is 10.0 Å². The van der Waals surface area contributed by atoms with Crippen molar-refractivity contribution in [2.24, 2.45) is 0 Å². The molecule has 2 aromatic rings. The molecular weight excluding hydrogens is 342 g/mol. The Kier molecular flexibility index (Phi) is 4.73. The van der Waals surface area contributed by atoms with Gasteiger partial charge in [-0.05, 0) is 56.4 Å². The van der Waals surface area contributed by atoms with Crippen LogP contribution in [0.5, 0.6) is 0 Å². The van der Waals surface area contributed by atoms with Gasteiger partial charge < -0.3 is 0 Å². The largest absolute Gasteiger partial charge is 0.244 e. The van der Waals surface area contributed by atoms with Gasteiger partial charge in [-0.3, -0.25) is 0 Å². The second-order valence-corrected chi connectivity index (χ2v) is 8.76. The normalized spacial score (nSPS) is 18.9. The Labute approximate surface area is 149 Å². The summed E-state index contributed by atoms with van der Waals surface area (Å²) in [6.45, 7) is 6.25. The average Bonchev–Trinajstić information content (AvgIpc) is 2.96. The summed E-state index contributed by atoms with van der Waals surface area (Å²) in [4.78, 5) is 0.437. The van der Waals surface area contributed by atoms with Gasteiger partial charge in [0.2, 0.25) is 10.0 Å². The lowest BCUT2D eigenvalue weighted by Gasteiger charge is -2.26. The molecule has 1 aliphatic rings. The van der Waals surface area contributed by atoms with Crippen molar-refractivity contribution in [2.75, 3.05) is 6.54 Å². The van der Waals surface area contributed by atoms with Crippen LogP contribution in [0.4, 0.5) is 0 Å². The summed E-state index contributed by atoms with van der Waals surface area (Å²) in [6.07, 6.45) is 1.64. The molecule has 1 fully saturated rings. The van der Waals surface area contributed by atoms with E-state index in [0.717, 1.165) is 35.1 Å². The Morgan fingerprint density at radius 3 is 2.33 bits per heavy atom. The minimum absolute atomic E-state index is 0.191. The van der Waals surface area contributed by atoms with Crippen LogP contribution in [-0.4, -0.2) is 19.3 Å². The molecule has 5 heteroatoms. The molecule has 2 aromatic carbocycles. The molecular formula is C19H22ClNO2S. The molecule has 1 aliphatic heterocycles. The first-order chi connectivity index (χ1) is 11.3. The fourth-order valence-corrected chi connectivity index (χ4v) is 6.13. The lowest BCUT2D eigenvalue weighted by molar-refractivity contribution is 0.396. The number of benzene rings is 2. The molecule has 128 valence electrons. The molecule has 0 saturated carbocycles. The van der Waals surface area contributed by atoms with Gasteiger partial charge in [0, 0.05) is 11.6 Å². The molecule has 0 aromatic heterocycles. The summed E-state index contributed by atoms with van der Waals surface area (Å²) in [5.41, 5.74) is 3.57. The van der Waals surface area contributed by atoms with Gasteiger partial charge in [0.25, 0.3) is 0 Å². The third-order valence-corrected chi connectivity index (χ3v) is 7.20. The topological polar surface area (TPSA) is 37.4 Å². The highest BCUT2D eigenvalue weighted by atomic mass is 35.5. The maximum Gasteiger partial charge on any atom is 0.244 e. The number of halogens is 1. The van der Waals surface area contributed by atoms with Crippen LogP contribution in [0, 0.1) is 20.8 Å². The molecule has 0 bridgehead atoms. The van der Waals surface area contributed by atoms with Crippen molar-refractivity contribution in [1.29, 1.82) is 0 Å². The van der Waals surface area contributed by atoms with E-state index in [1.807, 2.05) is 57.2 Å². The Morgan fingerprint density at radius 1 is 1.08 bits per heavy atom. The van der Waals surface area contributed by atoms with Gasteiger partial charge in [-0.1, -0.05) is 47.5 Å². The molecule has 3 rings (SSSR count). The molecule has 0 radical (unpaired) electrons. The molecule has 3 nitrogen and oxygen atoms in total. The molecule has 1 saturated heterocycles. The van der Waals surface area contributed by atoms with Crippen LogP contribution in [0.25, 0.3) is 0 Å². The molecule has 0 N–H and O–H groups in total. The lowest BCUT2D eigenvalue weighted by Crippen LogP contribution is -2.31. The summed E-state index contributed by atoms with van der Waals surface area (Å²) < 4.78 is 28.4. The molecule has 24 heavy (non-hydrogen) atoms. The second kappa shape index (κ2) is 6.51. The predicted molar refractivity (Wildman–Crippen MR) is 98.0 cm³/mol. The van der Waals surface area contributed by atoms with E-state index >= 15 is 0 Å². The van der Waals surface area contributed by atoms with Gasteiger partial charge >= 0.3 is 0 Å². The van der Waals surface area contributed by atoms with Gasteiger partial charge in [-0.15, -0.1) is 0 Å². The van der Waals surface area contributed by atoms with Crippen LogP contribution in [0.3, 0.4) is 0 Å². The maximum atomic E-state index is 13.4. The van der Waals surface area contributed by atoms with E-state index in [4.69, 9.17) is 11.6 Å². The number of rotatable bonds is 3. The zero-order valence-electron chi connectivity index (χ0n) is 14.2. The van der Waals surface area contributed by atoms with Crippen LogP contribution in [0.2, 0.25) is 5.02 Å². The Hall–Kier alpha value is -1.36. The van der Waals surface area contributed by atoms with Gasteiger partial charge in [0.15, 0.2) is 0 Å². The van der Waals surface area contributed by atoms with Crippen molar-refractivity contribution in [3.63, 3.8) is 0 Å². The van der Waals surface area contributed by atoms with E-state index in [0.29, 0.717) is 16.5 Å². The second-order valence-electron chi connectivity index (χ2n) is 6.52. The van der Waals surface area contributed by atoms with Crippen molar-refractivity contribution >= 4 is 21.6 Å². The van der Waals surface area contributed by atoms with Crippen LogP contribution in [-0.2, 0) is 10.0 Å². The van der Waals surface area contributed by atoms with Gasteiger partial charge in [-0.2, -0.15) is 4.31 Å². The van der Waals surface area contributed by atoms with Crippen LogP contribution in [0.15, 0.2) is 41.3 Å². The Balaban J connectivity index is 2.09. The standard InChI is InChI=1S/C19H22ClNO2S/c1-13-11-14(2)19(15(3)12-13)24(22,23)21-10-6-9-18(21)16-7-4-5-8-17(16)20/h4-5,7-8,11-12,18H,6,9-10H2,1-3H3/t18-/m1/s1. The summed E-state index contributed by atoms with van der Waals surface area (Å²) in [5, 5.41) is 0.627. The average molecular weight is 364 g/mol. The fourth-order valence-electron chi connectivity index (χ4n) is 3.77. The number of aryl methyl sites for hydroxylation is 3. The Morgan fingerprint density at radius 2 is 1.71 bits per heavy atom. The molecule has 0 amide bonds. The van der Waals surface area contributed by atoms with Crippen LogP contribution < -0.4 is 0 Å². The minimum Gasteiger partial charge on any atom is -0.207 e. The van der Waals surface area contributed by atoms with E-state index in [2.05, 4.69) is 0 Å². The van der Waals surface area contributed by atoms with Crippen LogP contribution in [0.1, 0.15) is 41.1 Å². The van der Waals surface area contributed by atoms with Gasteiger partial charge in [0.1, 0.15) is 0 Å². The number of nitrogens with zero attached hydrogens (tertiary/aromatic N) is 1. The summed E-state index contributed by atoms with van der Waals surface area (Å²) in [5.74, 6) is 0. The van der Waals surface area contributed by atoms with Crippen molar-refractivity contribution in [3.8, 4) is 0 Å². The molecule has 0 unspecified atom stereocenters. The van der Waals surface area contributed by atoms with Crippen molar-refractivity contribution in [1.82, 2.24) is 4.31 Å². The first kappa shape index (κ1) is 17.5. The third kappa shape index (κ3) is 2.99. The zero-order chi connectivity index (χ0) is 17.5. The monoisotopic (exact) mass is 363 g/mol. The lowest BCUT2D eigenvalue weighted by atomic mass is 10.1. The summed E-state index contributed by atoms with van der Waals surface area (Å²) in [7, 11) is -3.56. The van der Waals surface area contributed by atoms with Crippen LogP contribution >= 0.6 is 11.6 Å². The predicted octanol–water partition coefficient (Wildman–Crippen LogP) is 4.79. The maximum absolute atomic E-state index is 13.4. The van der Waals surface area contributed by atoms with Gasteiger partial charge in [0.05, 0.1) is 10.9 Å². The highest BCUT2D eigenvalue weighted by Crippen LogP contribution is 2.40. The first-order valence-corrected chi connectivity index (χ1v) is 9.98. The first-order valence-electron chi connectivity index (χ1n) is 8.16. The van der Waals surface area contributed by atoms with Crippen molar-refractivity contribution < 1.29 is 8.42 Å². The number of hydrogen-bond acceptors (Lipinski definition) is 2. The molecule has 1 atom stereocenters. The van der Waals surface area contributed by atoms with Gasteiger partial charge in [-0.25, -0.2) is 8.42 Å². The minimum atomic E-state index is -3.56. The van der Waals surface area contributed by atoms with E-state index in [1.165, 1.54) is 0 Å². The van der Waals surface area contributed by atoms with E-state index in [-0.39, 0.29) is 6.04 Å². The molecule has 1 heterocycles. The highest BCUT2D eigenvalue weighted by Gasteiger charge is 2.38. The fraction of sp³-hybridized carbons (Fsp3) is 0.368. The number of sulfonamides is 1. The SMILES string of the molecule is Cc1cc(C)c(S(=O)(=O)N2CCC[C@@H]2c2ccccc2Cl)c(C)c1. The quantitative estimate of drug-likeness (QED) is 0.786.